The number of nitrogens with zero attached hydrogens (tertiary/aromatic N) is 2. The maximum atomic E-state index is 13.1. The molecule has 156 valence electrons. The molecule has 2 heterocycles. The molecule has 3 aromatic rings. The van der Waals surface area contributed by atoms with Gasteiger partial charge in [-0.05, 0) is 36.2 Å². The van der Waals surface area contributed by atoms with Gasteiger partial charge in [0.15, 0.2) is 0 Å². The van der Waals surface area contributed by atoms with E-state index in [0.717, 1.165) is 11.1 Å². The summed E-state index contributed by atoms with van der Waals surface area (Å²) in [6.07, 6.45) is 3.30. The number of hydrogen-bond donors (Lipinski definition) is 1. The van der Waals surface area contributed by atoms with Gasteiger partial charge in [0, 0.05) is 24.5 Å². The summed E-state index contributed by atoms with van der Waals surface area (Å²) < 4.78 is 5.34. The Morgan fingerprint density at radius 1 is 1.10 bits per heavy atom. The highest BCUT2D eigenvalue weighted by atomic mass is 16.5. The minimum absolute atomic E-state index is 0.0611. The maximum Gasteiger partial charge on any atom is 0.295 e. The summed E-state index contributed by atoms with van der Waals surface area (Å²) in [4.78, 5) is 31.7. The topological polar surface area (TPSA) is 79.7 Å². The quantitative estimate of drug-likeness (QED) is 0.388. The number of rotatable bonds is 5. The van der Waals surface area contributed by atoms with Gasteiger partial charge >= 0.3 is 0 Å². The van der Waals surface area contributed by atoms with Crippen LogP contribution in [0.2, 0.25) is 0 Å². The number of hydrogen-bond acceptors (Lipinski definition) is 5. The van der Waals surface area contributed by atoms with Gasteiger partial charge in [-0.3, -0.25) is 14.6 Å². The molecule has 0 saturated carbocycles. The van der Waals surface area contributed by atoms with E-state index in [1.165, 1.54) is 4.90 Å². The maximum absolute atomic E-state index is 13.1. The summed E-state index contributed by atoms with van der Waals surface area (Å²) in [7, 11) is 1.55. The molecule has 1 N–H and O–H groups in total. The van der Waals surface area contributed by atoms with Gasteiger partial charge in [-0.2, -0.15) is 0 Å². The van der Waals surface area contributed by atoms with E-state index in [0.29, 0.717) is 16.9 Å². The highest BCUT2D eigenvalue weighted by Gasteiger charge is 2.46. The van der Waals surface area contributed by atoms with Gasteiger partial charge in [-0.25, -0.2) is 0 Å². The van der Waals surface area contributed by atoms with Crippen molar-refractivity contribution >= 4 is 17.4 Å². The Hall–Kier alpha value is -3.93. The van der Waals surface area contributed by atoms with Crippen molar-refractivity contribution in [2.24, 2.45) is 0 Å². The summed E-state index contributed by atoms with van der Waals surface area (Å²) in [6.45, 7) is 2.12. The predicted molar refractivity (Wildman–Crippen MR) is 116 cm³/mol. The first-order valence-corrected chi connectivity index (χ1v) is 9.88. The fourth-order valence-electron chi connectivity index (χ4n) is 3.76. The second kappa shape index (κ2) is 8.44. The number of Topliss-reactive ketones (excluding diaryl/α,β-unsaturated/α-hetero) is 1. The van der Waals surface area contributed by atoms with Crippen LogP contribution >= 0.6 is 0 Å². The number of ether oxygens (including phenoxy) is 1. The van der Waals surface area contributed by atoms with E-state index < -0.39 is 17.7 Å². The van der Waals surface area contributed by atoms with E-state index in [4.69, 9.17) is 4.74 Å². The number of aliphatic hydroxyl groups is 1. The Labute approximate surface area is 180 Å². The van der Waals surface area contributed by atoms with Crippen LogP contribution in [0.4, 0.5) is 0 Å². The number of likely N-dealkylation sites (tertiary alicyclic amines) is 1. The lowest BCUT2D eigenvalue weighted by molar-refractivity contribution is -0.140. The van der Waals surface area contributed by atoms with Crippen LogP contribution in [-0.4, -0.2) is 33.8 Å². The molecule has 0 bridgehead atoms. The molecule has 0 aliphatic carbocycles. The fraction of sp³-hybridized carbons (Fsp3) is 0.160. The minimum atomic E-state index is -0.753. The summed E-state index contributed by atoms with van der Waals surface area (Å²) in [5.74, 6) is -0.972. The van der Waals surface area contributed by atoms with Crippen molar-refractivity contribution in [3.63, 3.8) is 0 Å². The Kier molecular flexibility index (Phi) is 5.54. The Morgan fingerprint density at radius 2 is 1.87 bits per heavy atom. The van der Waals surface area contributed by atoms with E-state index >= 15 is 0 Å². The van der Waals surface area contributed by atoms with Crippen LogP contribution < -0.4 is 4.74 Å². The van der Waals surface area contributed by atoms with E-state index in [1.54, 1.807) is 55.9 Å². The number of carbonyl (C=O) groups excluding carboxylic acids is 2. The van der Waals surface area contributed by atoms with Gasteiger partial charge < -0.3 is 14.7 Å². The van der Waals surface area contributed by atoms with Gasteiger partial charge in [-0.15, -0.1) is 0 Å². The Morgan fingerprint density at radius 3 is 2.55 bits per heavy atom. The van der Waals surface area contributed by atoms with Crippen molar-refractivity contribution < 1.29 is 19.4 Å². The van der Waals surface area contributed by atoms with Crippen molar-refractivity contribution in [3.05, 3.63) is 101 Å². The molecule has 1 aliphatic heterocycles. The van der Waals surface area contributed by atoms with Gasteiger partial charge in [0.2, 0.25) is 0 Å². The SMILES string of the molecule is COc1cccc([C@@H]2C(=C(O)c3ccc(C)cc3)C(=O)C(=O)N2Cc2cccnc2)c1. The van der Waals surface area contributed by atoms with Crippen LogP contribution in [-0.2, 0) is 16.1 Å². The number of aliphatic hydroxyl groups excluding tert-OH is 1. The normalized spacial score (nSPS) is 17.7. The molecule has 31 heavy (non-hydrogen) atoms. The molecular formula is C25H22N2O4. The number of pyridine rings is 1. The van der Waals surface area contributed by atoms with E-state index in [1.807, 2.05) is 31.2 Å². The standard InChI is InChI=1S/C25H22N2O4/c1-16-8-10-18(11-9-16)23(28)21-22(19-6-3-7-20(13-19)31-2)27(25(30)24(21)29)15-17-5-4-12-26-14-17/h3-14,22,28H,15H2,1-2H3/t22-/m1/s1. The monoisotopic (exact) mass is 414 g/mol. The molecular weight excluding hydrogens is 392 g/mol. The molecule has 2 aromatic carbocycles. The summed E-state index contributed by atoms with van der Waals surface area (Å²) in [5, 5.41) is 11.1. The highest BCUT2D eigenvalue weighted by Crippen LogP contribution is 2.41. The van der Waals surface area contributed by atoms with Gasteiger partial charge in [-0.1, -0.05) is 48.0 Å². The highest BCUT2D eigenvalue weighted by molar-refractivity contribution is 6.46. The van der Waals surface area contributed by atoms with Crippen LogP contribution in [0.15, 0.2) is 78.6 Å². The zero-order valence-electron chi connectivity index (χ0n) is 17.3. The largest absolute Gasteiger partial charge is 0.507 e. The smallest absolute Gasteiger partial charge is 0.295 e. The third kappa shape index (κ3) is 3.92. The zero-order valence-corrected chi connectivity index (χ0v) is 17.3. The molecule has 1 amide bonds. The van der Waals surface area contributed by atoms with E-state index in [2.05, 4.69) is 4.98 Å². The molecule has 6 nitrogen and oxygen atoms in total. The number of carbonyl (C=O) groups is 2. The summed E-state index contributed by atoms with van der Waals surface area (Å²) >= 11 is 0. The average Bonchev–Trinajstić information content (AvgIpc) is 3.05. The van der Waals surface area contributed by atoms with Crippen LogP contribution in [0.3, 0.4) is 0 Å². The van der Waals surface area contributed by atoms with Gasteiger partial charge in [0.05, 0.1) is 18.7 Å². The minimum Gasteiger partial charge on any atom is -0.507 e. The molecule has 1 aromatic heterocycles. The third-order valence-electron chi connectivity index (χ3n) is 5.35. The molecule has 0 radical (unpaired) electrons. The zero-order chi connectivity index (χ0) is 22.0. The fourth-order valence-corrected chi connectivity index (χ4v) is 3.76. The van der Waals surface area contributed by atoms with Crippen LogP contribution in [0.5, 0.6) is 5.75 Å². The van der Waals surface area contributed by atoms with Crippen molar-refractivity contribution in [2.75, 3.05) is 7.11 Å². The van der Waals surface area contributed by atoms with Crippen LogP contribution in [0.1, 0.15) is 28.3 Å². The Balaban J connectivity index is 1.87. The second-order valence-corrected chi connectivity index (χ2v) is 7.43. The second-order valence-electron chi connectivity index (χ2n) is 7.43. The number of aromatic nitrogens is 1. The first-order chi connectivity index (χ1) is 15.0. The molecule has 1 saturated heterocycles. The molecule has 0 spiro atoms. The first kappa shape index (κ1) is 20.3. The van der Waals surface area contributed by atoms with E-state index in [-0.39, 0.29) is 17.9 Å². The lowest BCUT2D eigenvalue weighted by Gasteiger charge is -2.25. The first-order valence-electron chi connectivity index (χ1n) is 9.88. The molecule has 1 fully saturated rings. The van der Waals surface area contributed by atoms with Crippen molar-refractivity contribution in [3.8, 4) is 5.75 Å². The third-order valence-corrected chi connectivity index (χ3v) is 5.35. The van der Waals surface area contributed by atoms with Gasteiger partial charge in [0.25, 0.3) is 11.7 Å². The number of benzene rings is 2. The average molecular weight is 414 g/mol. The lowest BCUT2D eigenvalue weighted by atomic mass is 9.95. The Bertz CT molecular complexity index is 1150. The van der Waals surface area contributed by atoms with Crippen LogP contribution in [0, 0.1) is 6.92 Å². The number of methoxy groups -OCH3 is 1. The lowest BCUT2D eigenvalue weighted by Crippen LogP contribution is -2.29. The molecule has 6 heteroatoms. The van der Waals surface area contributed by atoms with Crippen molar-refractivity contribution in [1.82, 2.24) is 9.88 Å². The van der Waals surface area contributed by atoms with Crippen LogP contribution in [0.25, 0.3) is 5.76 Å². The molecule has 4 rings (SSSR count). The molecule has 1 aliphatic rings. The predicted octanol–water partition coefficient (Wildman–Crippen LogP) is 4.02. The molecule has 1 atom stereocenters. The van der Waals surface area contributed by atoms with Gasteiger partial charge in [0.1, 0.15) is 11.5 Å². The van der Waals surface area contributed by atoms with Crippen molar-refractivity contribution in [2.45, 2.75) is 19.5 Å². The number of ketones is 1. The summed E-state index contributed by atoms with van der Waals surface area (Å²) in [6, 6.07) is 17.2. The summed E-state index contributed by atoms with van der Waals surface area (Å²) in [5.41, 5.74) is 3.03. The number of amides is 1. The van der Waals surface area contributed by atoms with E-state index in [9.17, 15) is 14.7 Å². The number of aryl methyl sites for hydroxylation is 1. The van der Waals surface area contributed by atoms with Crippen molar-refractivity contribution in [1.29, 1.82) is 0 Å². The molecule has 0 unspecified atom stereocenters.